The fourth-order valence-corrected chi connectivity index (χ4v) is 10.4. The first-order valence-electron chi connectivity index (χ1n) is 14.1. The molecule has 0 atom stereocenters. The lowest BCUT2D eigenvalue weighted by Crippen LogP contribution is -2.38. The molecular weight excluding hydrogens is 531 g/mol. The van der Waals surface area contributed by atoms with E-state index in [9.17, 15) is 0 Å². The number of furan rings is 1. The van der Waals surface area contributed by atoms with E-state index in [-0.39, 0.29) is 0 Å². The molecule has 7 aromatic rings. The number of benzene rings is 6. The molecule has 0 fully saturated rings. The van der Waals surface area contributed by atoms with E-state index in [4.69, 9.17) is 9.15 Å². The van der Waals surface area contributed by atoms with Crippen molar-refractivity contribution < 1.29 is 9.15 Å². The Morgan fingerprint density at radius 2 is 1.07 bits per heavy atom. The van der Waals surface area contributed by atoms with E-state index >= 15 is 0 Å². The summed E-state index contributed by atoms with van der Waals surface area (Å²) in [7, 11) is -0.691. The Balaban J connectivity index is 1.60. The lowest BCUT2D eigenvalue weighted by Gasteiger charge is -2.27. The third kappa shape index (κ3) is 4.42. The Hall–Kier alpha value is -4.91. The predicted octanol–water partition coefficient (Wildman–Crippen LogP) is 8.39. The summed E-state index contributed by atoms with van der Waals surface area (Å²) in [6.07, 6.45) is 0. The zero-order valence-electron chi connectivity index (χ0n) is 23.4. The monoisotopic (exact) mass is 561 g/mol. The average Bonchev–Trinajstić information content (AvgIpc) is 3.52. The number of ether oxygens (including phenoxy) is 1. The highest BCUT2D eigenvalue weighted by atomic mass is 31.2. The topological polar surface area (TPSA) is 22.4 Å². The van der Waals surface area contributed by atoms with Crippen LogP contribution in [0.5, 0.6) is 5.75 Å². The second-order valence-electron chi connectivity index (χ2n) is 10.3. The van der Waals surface area contributed by atoms with Gasteiger partial charge in [-0.25, -0.2) is 0 Å². The molecule has 0 aliphatic rings. The van der Waals surface area contributed by atoms with Gasteiger partial charge in [0.15, 0.2) is 11.1 Å². The second kappa shape index (κ2) is 11.2. The first-order valence-corrected chi connectivity index (χ1v) is 15.9. The number of hydrogen-bond acceptors (Lipinski definition) is 2. The molecule has 0 amide bonds. The minimum Gasteiger partial charge on any atom is -0.497 e. The Morgan fingerprint density at radius 1 is 0.524 bits per heavy atom. The molecule has 6 aromatic carbocycles. The van der Waals surface area contributed by atoms with Gasteiger partial charge < -0.3 is 9.15 Å². The van der Waals surface area contributed by atoms with E-state index in [1.54, 1.807) is 7.11 Å². The van der Waals surface area contributed by atoms with E-state index in [0.29, 0.717) is 0 Å². The normalized spacial score (nSPS) is 11.5. The molecule has 202 valence electrons. The Morgan fingerprint density at radius 3 is 1.62 bits per heavy atom. The molecule has 0 aliphatic heterocycles. The molecule has 0 unspecified atom stereocenters. The van der Waals surface area contributed by atoms with E-state index in [1.807, 2.05) is 6.07 Å². The van der Waals surface area contributed by atoms with Crippen LogP contribution in [0.1, 0.15) is 0 Å². The van der Waals surface area contributed by atoms with E-state index in [1.165, 1.54) is 21.2 Å². The minimum absolute atomic E-state index is 0.840. The van der Waals surface area contributed by atoms with Crippen molar-refractivity contribution in [1.82, 2.24) is 0 Å². The zero-order chi connectivity index (χ0) is 28.4. The quantitative estimate of drug-likeness (QED) is 0.182. The van der Waals surface area contributed by atoms with Crippen molar-refractivity contribution in [3.63, 3.8) is 0 Å². The Bertz CT molecular complexity index is 1850. The maximum absolute atomic E-state index is 7.02. The predicted molar refractivity (Wildman–Crippen MR) is 178 cm³/mol. The summed E-state index contributed by atoms with van der Waals surface area (Å²) < 4.78 is 12.5. The molecule has 1 aromatic heterocycles. The summed E-state index contributed by atoms with van der Waals surface area (Å²) in [5.41, 5.74) is 2.12. The maximum Gasteiger partial charge on any atom is 0.178 e. The molecule has 2 nitrogen and oxygen atoms in total. The smallest absolute Gasteiger partial charge is 0.178 e. The molecular formula is C39H30O2P+. The third-order valence-corrected chi connectivity index (χ3v) is 12.2. The fourth-order valence-electron chi connectivity index (χ4n) is 5.98. The molecule has 7 rings (SSSR count). The van der Waals surface area contributed by atoms with Crippen molar-refractivity contribution in [1.29, 1.82) is 0 Å². The lowest BCUT2D eigenvalue weighted by molar-refractivity contribution is 0.415. The average molecular weight is 562 g/mol. The van der Waals surface area contributed by atoms with Crippen LogP contribution in [-0.4, -0.2) is 7.11 Å². The second-order valence-corrected chi connectivity index (χ2v) is 13.6. The standard InChI is InChI=1S/C39H30O2P/c1-40-31-25-26-35-30(27-31)17-14-24-36(35)37-28-38(39(41-37)29-15-6-2-7-16-29)42(32-18-8-3-9-19-32,33-20-10-4-11-21-33)34-22-12-5-13-23-34/h2-28H,1H3/q+1. The van der Waals surface area contributed by atoms with Gasteiger partial charge in [0.05, 0.1) is 7.11 Å². The van der Waals surface area contributed by atoms with Gasteiger partial charge in [-0.15, -0.1) is 0 Å². The molecule has 3 heteroatoms. The highest BCUT2D eigenvalue weighted by molar-refractivity contribution is 8.01. The van der Waals surface area contributed by atoms with Crippen molar-refractivity contribution in [3.05, 3.63) is 164 Å². The molecule has 42 heavy (non-hydrogen) atoms. The maximum atomic E-state index is 7.02. The lowest BCUT2D eigenvalue weighted by atomic mass is 10.0. The van der Waals surface area contributed by atoms with Gasteiger partial charge in [0.1, 0.15) is 34.7 Å². The minimum atomic E-state index is -2.40. The largest absolute Gasteiger partial charge is 0.497 e. The van der Waals surface area contributed by atoms with Gasteiger partial charge in [-0.05, 0) is 65.4 Å². The highest BCUT2D eigenvalue weighted by Gasteiger charge is 2.51. The van der Waals surface area contributed by atoms with Crippen molar-refractivity contribution in [2.75, 3.05) is 7.11 Å². The van der Waals surface area contributed by atoms with Gasteiger partial charge in [0.2, 0.25) is 0 Å². The van der Waals surface area contributed by atoms with Crippen LogP contribution in [0.2, 0.25) is 0 Å². The Labute approximate surface area is 247 Å². The van der Waals surface area contributed by atoms with Gasteiger partial charge >= 0.3 is 0 Å². The summed E-state index contributed by atoms with van der Waals surface area (Å²) in [5, 5.41) is 7.30. The van der Waals surface area contributed by atoms with Crippen molar-refractivity contribution in [3.8, 4) is 28.4 Å². The van der Waals surface area contributed by atoms with Gasteiger partial charge in [-0.2, -0.15) is 0 Å². The third-order valence-electron chi connectivity index (χ3n) is 7.89. The summed E-state index contributed by atoms with van der Waals surface area (Å²) in [4.78, 5) is 0. The summed E-state index contributed by atoms with van der Waals surface area (Å²) in [6.45, 7) is 0. The molecule has 0 bridgehead atoms. The van der Waals surface area contributed by atoms with Crippen LogP contribution < -0.4 is 26.0 Å². The van der Waals surface area contributed by atoms with Crippen molar-refractivity contribution in [2.45, 2.75) is 0 Å². The highest BCUT2D eigenvalue weighted by Crippen LogP contribution is 2.57. The number of fused-ring (bicyclic) bond motifs is 1. The Kier molecular flexibility index (Phi) is 6.92. The molecule has 0 N–H and O–H groups in total. The first kappa shape index (κ1) is 26.0. The molecule has 0 radical (unpaired) electrons. The van der Waals surface area contributed by atoms with Crippen molar-refractivity contribution in [2.24, 2.45) is 0 Å². The van der Waals surface area contributed by atoms with Crippen LogP contribution in [0.25, 0.3) is 33.4 Å². The van der Waals surface area contributed by atoms with Crippen LogP contribution >= 0.6 is 7.26 Å². The number of methoxy groups -OCH3 is 1. The summed E-state index contributed by atoms with van der Waals surface area (Å²) in [6, 6.07) is 58.3. The van der Waals surface area contributed by atoms with Crippen LogP contribution in [0.15, 0.2) is 168 Å². The SMILES string of the molecule is COc1ccc2c(-c3cc([P+](c4ccccc4)(c4ccccc4)c4ccccc4)c(-c4ccccc4)o3)cccc2c1. The van der Waals surface area contributed by atoms with Crippen LogP contribution in [0.3, 0.4) is 0 Å². The zero-order valence-corrected chi connectivity index (χ0v) is 24.2. The molecule has 0 spiro atoms. The number of hydrogen-bond donors (Lipinski definition) is 0. The molecule has 0 saturated carbocycles. The van der Waals surface area contributed by atoms with Gasteiger partial charge in [-0.1, -0.05) is 103 Å². The molecule has 0 saturated heterocycles. The van der Waals surface area contributed by atoms with Crippen LogP contribution in [0, 0.1) is 0 Å². The first-order chi connectivity index (χ1) is 20.8. The van der Waals surface area contributed by atoms with E-state index in [2.05, 4.69) is 158 Å². The summed E-state index contributed by atoms with van der Waals surface area (Å²) >= 11 is 0. The van der Waals surface area contributed by atoms with Crippen LogP contribution in [0.4, 0.5) is 0 Å². The van der Waals surface area contributed by atoms with Crippen LogP contribution in [-0.2, 0) is 0 Å². The molecule has 0 aliphatic carbocycles. The van der Waals surface area contributed by atoms with Crippen molar-refractivity contribution >= 4 is 39.3 Å². The van der Waals surface area contributed by atoms with Gasteiger partial charge in [0, 0.05) is 17.2 Å². The number of rotatable bonds is 7. The van der Waals surface area contributed by atoms with Gasteiger partial charge in [-0.3, -0.25) is 0 Å². The van der Waals surface area contributed by atoms with E-state index in [0.717, 1.165) is 39.2 Å². The summed E-state index contributed by atoms with van der Waals surface area (Å²) in [5.74, 6) is 2.60. The fraction of sp³-hybridized carbons (Fsp3) is 0.0256. The van der Waals surface area contributed by atoms with E-state index < -0.39 is 7.26 Å². The molecule has 1 heterocycles. The van der Waals surface area contributed by atoms with Gasteiger partial charge in [0.25, 0.3) is 0 Å².